The smallest absolute Gasteiger partial charge is 0.306 e. The van der Waals surface area contributed by atoms with Gasteiger partial charge in [-0.25, -0.2) is 0 Å². The quantitative estimate of drug-likeness (QED) is 0.0200. The zero-order valence-electron chi connectivity index (χ0n) is 39.9. The van der Waals surface area contributed by atoms with Gasteiger partial charge in [0.15, 0.2) is 6.10 Å². The molecule has 0 fully saturated rings. The highest BCUT2D eigenvalue weighted by Gasteiger charge is 2.19. The number of ether oxygens (including phenoxy) is 3. The van der Waals surface area contributed by atoms with Crippen molar-refractivity contribution in [2.45, 2.75) is 245 Å². The average molecular weight is 851 g/mol. The highest BCUT2D eigenvalue weighted by molar-refractivity contribution is 5.71. The molecule has 0 aliphatic heterocycles. The van der Waals surface area contributed by atoms with Crippen LogP contribution < -0.4 is 0 Å². The Balaban J connectivity index is 4.34. The monoisotopic (exact) mass is 851 g/mol. The molecule has 0 aliphatic rings. The van der Waals surface area contributed by atoms with Crippen LogP contribution in [0.5, 0.6) is 0 Å². The zero-order valence-corrected chi connectivity index (χ0v) is 39.9. The standard InChI is InChI=1S/C55H94O6/c1-4-7-10-13-16-19-21-23-25-26-27-28-30-31-33-36-39-42-45-48-54(57)60-51-52(50-59-53(56)47-44-41-38-35-18-15-12-9-6-3)61-55(58)49-46-43-40-37-34-32-29-24-22-20-17-14-11-8-5-2/h8,11,14,16-17,19-23,35,38,52H,4-7,9-10,12-13,15,18,24-34,36-37,39-51H2,1-3H3/b11-8-,17-14-,19-16-,22-20-,23-21-,38-35-. The summed E-state index contributed by atoms with van der Waals surface area (Å²) < 4.78 is 16.7. The third-order valence-electron chi connectivity index (χ3n) is 10.8. The van der Waals surface area contributed by atoms with E-state index in [1.807, 2.05) is 0 Å². The van der Waals surface area contributed by atoms with Crippen molar-refractivity contribution in [1.29, 1.82) is 0 Å². The van der Waals surface area contributed by atoms with Crippen LogP contribution in [0.15, 0.2) is 72.9 Å². The van der Waals surface area contributed by atoms with Crippen molar-refractivity contribution in [2.75, 3.05) is 13.2 Å². The second-order valence-electron chi connectivity index (χ2n) is 16.8. The molecule has 6 nitrogen and oxygen atoms in total. The van der Waals surface area contributed by atoms with Crippen LogP contribution in [0.1, 0.15) is 239 Å². The van der Waals surface area contributed by atoms with E-state index < -0.39 is 6.10 Å². The number of carbonyl (C=O) groups is 3. The molecule has 0 saturated heterocycles. The van der Waals surface area contributed by atoms with E-state index in [9.17, 15) is 14.4 Å². The Hall–Kier alpha value is -3.15. The van der Waals surface area contributed by atoms with Crippen molar-refractivity contribution < 1.29 is 28.6 Å². The predicted octanol–water partition coefficient (Wildman–Crippen LogP) is 16.6. The van der Waals surface area contributed by atoms with Crippen LogP contribution in [0.3, 0.4) is 0 Å². The lowest BCUT2D eigenvalue weighted by Crippen LogP contribution is -2.30. The van der Waals surface area contributed by atoms with Gasteiger partial charge < -0.3 is 14.2 Å². The maximum Gasteiger partial charge on any atom is 0.306 e. The Labute approximate surface area is 376 Å². The Morgan fingerprint density at radius 3 is 1.15 bits per heavy atom. The van der Waals surface area contributed by atoms with E-state index in [1.165, 1.54) is 128 Å². The lowest BCUT2D eigenvalue weighted by molar-refractivity contribution is -0.167. The molecule has 0 aromatic heterocycles. The van der Waals surface area contributed by atoms with E-state index in [0.717, 1.165) is 64.2 Å². The van der Waals surface area contributed by atoms with Crippen LogP contribution in [-0.4, -0.2) is 37.2 Å². The molecule has 0 heterocycles. The summed E-state index contributed by atoms with van der Waals surface area (Å²) in [5, 5.41) is 0. The van der Waals surface area contributed by atoms with E-state index >= 15 is 0 Å². The van der Waals surface area contributed by atoms with Crippen molar-refractivity contribution in [2.24, 2.45) is 0 Å². The molecule has 0 aliphatic carbocycles. The van der Waals surface area contributed by atoms with E-state index in [2.05, 4.69) is 93.7 Å². The first-order chi connectivity index (χ1) is 30.0. The predicted molar refractivity (Wildman–Crippen MR) is 261 cm³/mol. The molecule has 0 amide bonds. The van der Waals surface area contributed by atoms with Crippen LogP contribution >= 0.6 is 0 Å². The van der Waals surface area contributed by atoms with Gasteiger partial charge >= 0.3 is 17.9 Å². The average Bonchev–Trinajstić information content (AvgIpc) is 3.26. The van der Waals surface area contributed by atoms with Crippen LogP contribution in [0.2, 0.25) is 0 Å². The minimum atomic E-state index is -0.792. The number of hydrogen-bond donors (Lipinski definition) is 0. The largest absolute Gasteiger partial charge is 0.462 e. The van der Waals surface area contributed by atoms with Gasteiger partial charge in [-0.1, -0.05) is 209 Å². The van der Waals surface area contributed by atoms with Crippen molar-refractivity contribution in [3.05, 3.63) is 72.9 Å². The SMILES string of the molecule is CC\C=C/C=C\C=C/CCCCCCCCCC(=O)OC(COC(=O)CCC/C=C\CCCCCC)COC(=O)CCCCCCCCCCCC/C=C\C=C/CCCCC. The molecule has 0 aromatic rings. The molecule has 0 saturated carbocycles. The fourth-order valence-electron chi connectivity index (χ4n) is 6.91. The molecule has 350 valence electrons. The first-order valence-electron chi connectivity index (χ1n) is 25.5. The molecule has 61 heavy (non-hydrogen) atoms. The van der Waals surface area contributed by atoms with E-state index in [4.69, 9.17) is 14.2 Å². The van der Waals surface area contributed by atoms with E-state index in [1.54, 1.807) is 0 Å². The van der Waals surface area contributed by atoms with Crippen molar-refractivity contribution in [1.82, 2.24) is 0 Å². The molecule has 6 heteroatoms. The van der Waals surface area contributed by atoms with Crippen LogP contribution in [0.4, 0.5) is 0 Å². The van der Waals surface area contributed by atoms with Gasteiger partial charge in [-0.3, -0.25) is 14.4 Å². The van der Waals surface area contributed by atoms with Gasteiger partial charge in [-0.05, 0) is 83.5 Å². The van der Waals surface area contributed by atoms with Crippen LogP contribution in [-0.2, 0) is 28.6 Å². The molecule has 0 rings (SSSR count). The lowest BCUT2D eigenvalue weighted by atomic mass is 10.1. The van der Waals surface area contributed by atoms with Gasteiger partial charge in [-0.15, -0.1) is 0 Å². The van der Waals surface area contributed by atoms with Crippen molar-refractivity contribution in [3.63, 3.8) is 0 Å². The topological polar surface area (TPSA) is 78.9 Å². The molecule has 0 radical (unpaired) electrons. The summed E-state index contributed by atoms with van der Waals surface area (Å²) in [6.07, 6.45) is 61.8. The lowest BCUT2D eigenvalue weighted by Gasteiger charge is -2.18. The second-order valence-corrected chi connectivity index (χ2v) is 16.8. The number of unbranched alkanes of at least 4 members (excludes halogenated alkanes) is 25. The maximum absolute atomic E-state index is 12.8. The van der Waals surface area contributed by atoms with E-state index in [-0.39, 0.29) is 31.1 Å². The Kier molecular flexibility index (Phi) is 46.9. The van der Waals surface area contributed by atoms with Crippen LogP contribution in [0.25, 0.3) is 0 Å². The summed E-state index contributed by atoms with van der Waals surface area (Å²) in [7, 11) is 0. The summed E-state index contributed by atoms with van der Waals surface area (Å²) in [5.41, 5.74) is 0. The van der Waals surface area contributed by atoms with Gasteiger partial charge in [0.2, 0.25) is 0 Å². The highest BCUT2D eigenvalue weighted by atomic mass is 16.6. The number of rotatable bonds is 45. The zero-order chi connectivity index (χ0) is 44.4. The summed E-state index contributed by atoms with van der Waals surface area (Å²) in [4.78, 5) is 37.9. The van der Waals surface area contributed by atoms with Gasteiger partial charge in [0.05, 0.1) is 0 Å². The Morgan fingerprint density at radius 2 is 0.672 bits per heavy atom. The molecule has 0 bridgehead atoms. The summed E-state index contributed by atoms with van der Waals surface area (Å²) in [5.74, 6) is -0.944. The minimum absolute atomic E-state index is 0.0908. The maximum atomic E-state index is 12.8. The van der Waals surface area contributed by atoms with Crippen LogP contribution in [0, 0.1) is 0 Å². The number of allylic oxidation sites excluding steroid dienone is 12. The minimum Gasteiger partial charge on any atom is -0.462 e. The van der Waals surface area contributed by atoms with Gasteiger partial charge in [0.1, 0.15) is 13.2 Å². The molecule has 1 unspecified atom stereocenters. The molecule has 0 aromatic carbocycles. The molecular formula is C55H94O6. The first-order valence-corrected chi connectivity index (χ1v) is 25.5. The fourth-order valence-corrected chi connectivity index (χ4v) is 6.91. The normalized spacial score (nSPS) is 12.6. The Morgan fingerprint density at radius 1 is 0.344 bits per heavy atom. The first kappa shape index (κ1) is 57.9. The van der Waals surface area contributed by atoms with Gasteiger partial charge in [-0.2, -0.15) is 0 Å². The fraction of sp³-hybridized carbons (Fsp3) is 0.727. The Bertz CT molecular complexity index is 1160. The third kappa shape index (κ3) is 47.7. The summed E-state index contributed by atoms with van der Waals surface area (Å²) >= 11 is 0. The van der Waals surface area contributed by atoms with E-state index in [0.29, 0.717) is 25.7 Å². The number of esters is 3. The molecule has 1 atom stereocenters. The molecular weight excluding hydrogens is 757 g/mol. The molecule has 0 spiro atoms. The van der Waals surface area contributed by atoms with Crippen molar-refractivity contribution >= 4 is 17.9 Å². The van der Waals surface area contributed by atoms with Gasteiger partial charge in [0.25, 0.3) is 0 Å². The second kappa shape index (κ2) is 49.5. The number of hydrogen-bond acceptors (Lipinski definition) is 6. The molecule has 0 N–H and O–H groups in total. The third-order valence-corrected chi connectivity index (χ3v) is 10.8. The number of carbonyl (C=O) groups excluding carboxylic acids is 3. The highest BCUT2D eigenvalue weighted by Crippen LogP contribution is 2.14. The van der Waals surface area contributed by atoms with Gasteiger partial charge in [0, 0.05) is 19.3 Å². The summed E-state index contributed by atoms with van der Waals surface area (Å²) in [6, 6.07) is 0. The van der Waals surface area contributed by atoms with Crippen molar-refractivity contribution in [3.8, 4) is 0 Å². The summed E-state index contributed by atoms with van der Waals surface area (Å²) in [6.45, 7) is 6.41.